The maximum Gasteiger partial charge on any atom is 0.413 e. The quantitative estimate of drug-likeness (QED) is 0.162. The summed E-state index contributed by atoms with van der Waals surface area (Å²) >= 11 is 1.000. The molecule has 0 aliphatic heterocycles. The molecule has 0 saturated carbocycles. The molecule has 254 valence electrons. The first-order chi connectivity index (χ1) is 23.6. The van der Waals surface area contributed by atoms with Gasteiger partial charge in [-0.1, -0.05) is 72.8 Å². The monoisotopic (exact) mass is 704 g/mol. The van der Waals surface area contributed by atoms with E-state index in [9.17, 15) is 27.6 Å². The summed E-state index contributed by atoms with van der Waals surface area (Å²) in [6.45, 7) is 0.227. The van der Waals surface area contributed by atoms with Crippen LogP contribution in [-0.4, -0.2) is 72.1 Å². The normalized spacial score (nSPS) is 11.3. The maximum absolute atomic E-state index is 13.3. The van der Waals surface area contributed by atoms with Crippen molar-refractivity contribution in [3.05, 3.63) is 119 Å². The third-order valence-corrected chi connectivity index (χ3v) is 9.87. The summed E-state index contributed by atoms with van der Waals surface area (Å²) in [6.07, 6.45) is -0.323. The van der Waals surface area contributed by atoms with Gasteiger partial charge in [0.1, 0.15) is 18.9 Å². The smallest absolute Gasteiger partial charge is 0.413 e. The highest BCUT2D eigenvalue weighted by Crippen LogP contribution is 2.27. The predicted octanol–water partition coefficient (Wildman–Crippen LogP) is 3.56. The third-order valence-electron chi connectivity index (χ3n) is 7.00. The van der Waals surface area contributed by atoms with E-state index in [2.05, 4.69) is 20.0 Å². The van der Waals surface area contributed by atoms with Gasteiger partial charge in [0.05, 0.1) is 16.8 Å². The van der Waals surface area contributed by atoms with Gasteiger partial charge in [-0.2, -0.15) is 4.98 Å². The summed E-state index contributed by atoms with van der Waals surface area (Å²) in [7, 11) is -4.01. The first-order valence-corrected chi connectivity index (χ1v) is 17.4. The van der Waals surface area contributed by atoms with E-state index in [-0.39, 0.29) is 29.9 Å². The van der Waals surface area contributed by atoms with Crippen molar-refractivity contribution in [1.29, 1.82) is 0 Å². The van der Waals surface area contributed by atoms with E-state index in [4.69, 9.17) is 9.47 Å². The Balaban J connectivity index is 1.22. The van der Waals surface area contributed by atoms with Crippen LogP contribution in [0.2, 0.25) is 0 Å². The number of para-hydroxylation sites is 1. The van der Waals surface area contributed by atoms with Crippen molar-refractivity contribution in [3.63, 3.8) is 0 Å². The number of anilines is 1. The molecule has 0 spiro atoms. The lowest BCUT2D eigenvalue weighted by Crippen LogP contribution is -2.44. The molecule has 0 aliphatic rings. The van der Waals surface area contributed by atoms with Gasteiger partial charge in [0.2, 0.25) is 10.2 Å². The number of hydrogen-bond donors (Lipinski definition) is 2. The van der Waals surface area contributed by atoms with Crippen molar-refractivity contribution >= 4 is 55.4 Å². The van der Waals surface area contributed by atoms with Crippen molar-refractivity contribution in [2.45, 2.75) is 23.9 Å². The zero-order chi connectivity index (χ0) is 34.8. The number of hydrogen-bond acceptors (Lipinski definition) is 11. The van der Waals surface area contributed by atoms with Crippen LogP contribution in [0, 0.1) is 0 Å². The van der Waals surface area contributed by atoms with Crippen LogP contribution in [0.1, 0.15) is 24.2 Å². The van der Waals surface area contributed by atoms with Gasteiger partial charge in [-0.3, -0.25) is 19.5 Å². The highest BCUT2D eigenvalue weighted by atomic mass is 32.2. The number of ether oxygens (including phenoxy) is 2. The molecule has 14 nitrogen and oxygen atoms in total. The molecule has 2 amide bonds. The highest BCUT2D eigenvalue weighted by Gasteiger charge is 2.23. The largest absolute Gasteiger partial charge is 0.465 e. The van der Waals surface area contributed by atoms with Crippen LogP contribution in [-0.2, 0) is 35.6 Å². The number of carbonyl (C=O) groups is 3. The van der Waals surface area contributed by atoms with Crippen LogP contribution >= 0.6 is 11.3 Å². The Morgan fingerprint density at radius 1 is 0.918 bits per heavy atom. The molecule has 5 rings (SSSR count). The number of amides is 2. The average molecular weight is 705 g/mol. The summed E-state index contributed by atoms with van der Waals surface area (Å²) < 4.78 is 40.4. The van der Waals surface area contributed by atoms with E-state index in [1.165, 1.54) is 12.3 Å². The van der Waals surface area contributed by atoms with Gasteiger partial charge in [-0.15, -0.1) is 11.3 Å². The number of carbonyl (C=O) groups excluding carboxylic acids is 3. The summed E-state index contributed by atoms with van der Waals surface area (Å²) in [5.41, 5.74) is 1.15. The van der Waals surface area contributed by atoms with Gasteiger partial charge >= 0.3 is 17.8 Å². The van der Waals surface area contributed by atoms with Crippen molar-refractivity contribution in [2.75, 3.05) is 31.6 Å². The molecular formula is C33H32N6O8S2. The summed E-state index contributed by atoms with van der Waals surface area (Å²) in [5.74, 6) is -1.49. The number of fused-ring (bicyclic) bond motifs is 1. The zero-order valence-corrected chi connectivity index (χ0v) is 27.9. The second-order valence-corrected chi connectivity index (χ2v) is 13.4. The number of esters is 1. The number of aromatic nitrogens is 3. The molecule has 3 aromatic carbocycles. The fourth-order valence-electron chi connectivity index (χ4n) is 4.69. The van der Waals surface area contributed by atoms with E-state index in [0.29, 0.717) is 10.2 Å². The van der Waals surface area contributed by atoms with E-state index >= 15 is 0 Å². The second kappa shape index (κ2) is 16.1. The first kappa shape index (κ1) is 34.9. The predicted molar refractivity (Wildman–Crippen MR) is 181 cm³/mol. The highest BCUT2D eigenvalue weighted by molar-refractivity contribution is 7.91. The lowest BCUT2D eigenvalue weighted by molar-refractivity contribution is -0.149. The number of nitrogens with zero attached hydrogens (tertiary/aromatic N) is 4. The molecule has 0 radical (unpaired) electrons. The number of sulfonamides is 1. The minimum atomic E-state index is -4.01. The van der Waals surface area contributed by atoms with Crippen molar-refractivity contribution < 1.29 is 32.3 Å². The Morgan fingerprint density at radius 3 is 2.20 bits per heavy atom. The standard InChI is InChI=1S/C33H32N6O8S2/c1-2-46-29(41)22-38(20-18-34-49(44,45)33-35-25-15-9-10-16-26(25)48-33)28(40)21-39-19-17-27(36-31(39)42)37-32(43)47-30(23-11-5-3-6-12-23)24-13-7-4-8-14-24/h3-17,19,30,34H,2,18,20-22H2,1H3,(H,36,37,42,43). The second-order valence-electron chi connectivity index (χ2n) is 10.4. The van der Waals surface area contributed by atoms with Gasteiger partial charge in [-0.05, 0) is 36.2 Å². The van der Waals surface area contributed by atoms with E-state index in [1.54, 1.807) is 31.2 Å². The summed E-state index contributed by atoms with van der Waals surface area (Å²) in [5, 5.41) is 2.45. The number of thiazole rings is 1. The van der Waals surface area contributed by atoms with E-state index in [0.717, 1.165) is 31.9 Å². The van der Waals surface area contributed by atoms with Gasteiger partial charge in [0, 0.05) is 19.3 Å². The average Bonchev–Trinajstić information content (AvgIpc) is 3.55. The molecule has 16 heteroatoms. The number of rotatable bonds is 14. The minimum Gasteiger partial charge on any atom is -0.465 e. The summed E-state index contributed by atoms with van der Waals surface area (Å²) in [4.78, 5) is 60.3. The van der Waals surface area contributed by atoms with Crippen molar-refractivity contribution in [1.82, 2.24) is 24.2 Å². The Hall–Kier alpha value is -5.45. The van der Waals surface area contributed by atoms with Crippen LogP contribution < -0.4 is 15.7 Å². The van der Waals surface area contributed by atoms with Crippen molar-refractivity contribution in [3.8, 4) is 0 Å². The molecule has 0 aliphatic carbocycles. The molecule has 0 bridgehead atoms. The number of benzene rings is 3. The van der Waals surface area contributed by atoms with Crippen LogP contribution in [0.3, 0.4) is 0 Å². The number of nitrogens with one attached hydrogen (secondary N) is 2. The lowest BCUT2D eigenvalue weighted by Gasteiger charge is -2.22. The molecule has 5 aromatic rings. The Kier molecular flexibility index (Phi) is 11.5. The van der Waals surface area contributed by atoms with E-state index in [1.807, 2.05) is 60.7 Å². The molecule has 0 atom stereocenters. The molecule has 0 unspecified atom stereocenters. The molecule has 2 heterocycles. The lowest BCUT2D eigenvalue weighted by atomic mass is 10.0. The maximum atomic E-state index is 13.3. The topological polar surface area (TPSA) is 179 Å². The summed E-state index contributed by atoms with van der Waals surface area (Å²) in [6, 6.07) is 26.6. The van der Waals surface area contributed by atoms with Crippen LogP contribution in [0.25, 0.3) is 10.2 Å². The van der Waals surface area contributed by atoms with E-state index < -0.39 is 52.9 Å². The van der Waals surface area contributed by atoms with Crippen LogP contribution in [0.4, 0.5) is 10.6 Å². The fraction of sp³-hybridized carbons (Fsp3) is 0.212. The minimum absolute atomic E-state index is 0.0722. The van der Waals surface area contributed by atoms with Crippen LogP contribution in [0.5, 0.6) is 0 Å². The Labute approximate surface area is 285 Å². The van der Waals surface area contributed by atoms with Gasteiger partial charge < -0.3 is 14.4 Å². The molecule has 0 fully saturated rings. The van der Waals surface area contributed by atoms with Gasteiger partial charge in [-0.25, -0.2) is 27.7 Å². The zero-order valence-electron chi connectivity index (χ0n) is 26.2. The Bertz CT molecular complexity index is 2020. The van der Waals surface area contributed by atoms with Crippen molar-refractivity contribution in [2.24, 2.45) is 0 Å². The fourth-order valence-corrected chi connectivity index (χ4v) is 6.97. The third kappa shape index (κ3) is 9.34. The van der Waals surface area contributed by atoms with Crippen LogP contribution in [0.15, 0.2) is 106 Å². The van der Waals surface area contributed by atoms with Gasteiger partial charge in [0.25, 0.3) is 10.0 Å². The van der Waals surface area contributed by atoms with Gasteiger partial charge in [0.15, 0.2) is 6.10 Å². The molecule has 2 aromatic heterocycles. The SMILES string of the molecule is CCOC(=O)CN(CCNS(=O)(=O)c1nc2ccccc2s1)C(=O)Cn1ccc(NC(=O)OC(c2ccccc2)c2ccccc2)nc1=O. The first-order valence-electron chi connectivity index (χ1n) is 15.1. The Morgan fingerprint density at radius 2 is 1.57 bits per heavy atom. The molecule has 49 heavy (non-hydrogen) atoms. The molecule has 2 N–H and O–H groups in total. The molecular weight excluding hydrogens is 673 g/mol. The molecule has 0 saturated heterocycles.